The Kier molecular flexibility index (Phi) is 12.5. The highest BCUT2D eigenvalue weighted by Crippen LogP contribution is 2.44. The van der Waals surface area contributed by atoms with Crippen molar-refractivity contribution in [2.45, 2.75) is 69.2 Å². The Morgan fingerprint density at radius 2 is 1.58 bits per heavy atom. The van der Waals surface area contributed by atoms with Gasteiger partial charge in [0.05, 0.1) is 18.6 Å². The highest BCUT2D eigenvalue weighted by molar-refractivity contribution is 5.90. The predicted molar refractivity (Wildman–Crippen MR) is 194 cm³/mol. The fraction of sp³-hybridized carbons (Fsp3) is 0.390. The van der Waals surface area contributed by atoms with Crippen LogP contribution in [0.3, 0.4) is 0 Å². The van der Waals surface area contributed by atoms with Crippen molar-refractivity contribution in [2.24, 2.45) is 5.92 Å². The summed E-state index contributed by atoms with van der Waals surface area (Å²) < 4.78 is 16.7. The van der Waals surface area contributed by atoms with Crippen molar-refractivity contribution in [3.8, 4) is 11.1 Å². The summed E-state index contributed by atoms with van der Waals surface area (Å²) in [6, 6.07) is 22.1. The molecule has 278 valence electrons. The molecule has 1 fully saturated rings. The molecule has 3 amide bonds. The number of allylic oxidation sites excluding steroid dienone is 2. The van der Waals surface area contributed by atoms with Gasteiger partial charge in [0.1, 0.15) is 25.9 Å². The molecule has 3 aromatic rings. The van der Waals surface area contributed by atoms with Crippen LogP contribution in [0, 0.1) is 5.92 Å². The fourth-order valence-electron chi connectivity index (χ4n) is 7.19. The van der Waals surface area contributed by atoms with Gasteiger partial charge in [0.25, 0.3) is 0 Å². The third kappa shape index (κ3) is 9.31. The van der Waals surface area contributed by atoms with Crippen molar-refractivity contribution in [3.63, 3.8) is 0 Å². The molecule has 6 rings (SSSR count). The smallest absolute Gasteiger partial charge is 0.407 e. The number of cyclic esters (lactones) is 1. The third-order valence-electron chi connectivity index (χ3n) is 10.0. The van der Waals surface area contributed by atoms with E-state index in [1.807, 2.05) is 54.6 Å². The lowest BCUT2D eigenvalue weighted by Crippen LogP contribution is -2.49. The van der Waals surface area contributed by atoms with Crippen LogP contribution in [0.4, 0.5) is 4.79 Å². The fourth-order valence-corrected chi connectivity index (χ4v) is 7.19. The van der Waals surface area contributed by atoms with Crippen LogP contribution in [0.5, 0.6) is 0 Å². The van der Waals surface area contributed by atoms with E-state index >= 15 is 0 Å². The largest absolute Gasteiger partial charge is 0.461 e. The number of hydrogen-bond acceptors (Lipinski definition) is 9. The second-order valence-electron chi connectivity index (χ2n) is 13.6. The second kappa shape index (κ2) is 17.8. The molecule has 53 heavy (non-hydrogen) atoms. The number of rotatable bonds is 9. The van der Waals surface area contributed by atoms with Crippen molar-refractivity contribution in [1.29, 1.82) is 0 Å². The molecule has 2 heterocycles. The maximum absolute atomic E-state index is 13.6. The second-order valence-corrected chi connectivity index (χ2v) is 13.6. The number of esters is 2. The van der Waals surface area contributed by atoms with Gasteiger partial charge in [0, 0.05) is 18.9 Å². The van der Waals surface area contributed by atoms with Gasteiger partial charge in [-0.2, -0.15) is 0 Å². The van der Waals surface area contributed by atoms with E-state index in [0.717, 1.165) is 34.2 Å². The van der Waals surface area contributed by atoms with Gasteiger partial charge < -0.3 is 34.9 Å². The zero-order valence-corrected chi connectivity index (χ0v) is 29.5. The molecule has 0 aromatic heterocycles. The zero-order chi connectivity index (χ0) is 37.2. The first-order valence-electron chi connectivity index (χ1n) is 18.2. The minimum Gasteiger partial charge on any atom is -0.461 e. The minimum absolute atomic E-state index is 0.0550. The number of alkyl carbamates (subject to hydrolysis) is 1. The number of amides is 3. The quantitative estimate of drug-likeness (QED) is 0.165. The maximum Gasteiger partial charge on any atom is 0.407 e. The number of benzene rings is 3. The van der Waals surface area contributed by atoms with Crippen molar-refractivity contribution in [1.82, 2.24) is 15.5 Å². The summed E-state index contributed by atoms with van der Waals surface area (Å²) in [6.45, 7) is -0.243. The first-order valence-corrected chi connectivity index (χ1v) is 18.2. The average Bonchev–Trinajstić information content (AvgIpc) is 3.79. The molecule has 0 spiro atoms. The number of nitrogens with one attached hydrogen (secondary N) is 2. The van der Waals surface area contributed by atoms with Gasteiger partial charge in [0.2, 0.25) is 11.8 Å². The molecule has 3 aliphatic rings. The number of fused-ring (bicyclic) bond motifs is 3. The van der Waals surface area contributed by atoms with Gasteiger partial charge in [-0.1, -0.05) is 91.0 Å². The molecule has 0 bridgehead atoms. The first kappa shape index (κ1) is 37.3. The lowest BCUT2D eigenvalue weighted by Gasteiger charge is -2.26. The van der Waals surface area contributed by atoms with Crippen molar-refractivity contribution in [3.05, 3.63) is 108 Å². The summed E-state index contributed by atoms with van der Waals surface area (Å²) in [5.41, 5.74) is 4.99. The highest BCUT2D eigenvalue weighted by atomic mass is 16.6. The lowest BCUT2D eigenvalue weighted by atomic mass is 9.98. The van der Waals surface area contributed by atoms with Crippen LogP contribution >= 0.6 is 0 Å². The topological polar surface area (TPSA) is 161 Å². The van der Waals surface area contributed by atoms with E-state index in [-0.39, 0.29) is 57.0 Å². The van der Waals surface area contributed by atoms with Gasteiger partial charge in [-0.05, 0) is 59.9 Å². The molecule has 12 nitrogen and oxygen atoms in total. The molecule has 3 aromatic carbocycles. The number of aliphatic hydroxyl groups is 1. The molecular formula is C41H45N3O9. The van der Waals surface area contributed by atoms with Crippen LogP contribution in [-0.2, 0) is 40.0 Å². The summed E-state index contributed by atoms with van der Waals surface area (Å²) >= 11 is 0. The monoisotopic (exact) mass is 723 g/mol. The van der Waals surface area contributed by atoms with E-state index in [0.29, 0.717) is 19.4 Å². The molecular weight excluding hydrogens is 678 g/mol. The third-order valence-corrected chi connectivity index (χ3v) is 10.0. The summed E-state index contributed by atoms with van der Waals surface area (Å²) in [4.78, 5) is 68.5. The van der Waals surface area contributed by atoms with Crippen LogP contribution in [0.25, 0.3) is 11.1 Å². The minimum atomic E-state index is -1.38. The van der Waals surface area contributed by atoms with Crippen LogP contribution < -0.4 is 10.6 Å². The Balaban J connectivity index is 1.14. The molecule has 0 saturated carbocycles. The number of carbonyl (C=O) groups excluding carboxylic acids is 5. The van der Waals surface area contributed by atoms with E-state index in [4.69, 9.17) is 14.2 Å². The standard InChI is InChI=1S/C41H45N3O9/c45-23-29-15-11-21-44(29)37(46)22-28-14-5-2-6-20-35(39(48)52-26-36(42-38(28)47)40(49)51-24-27-12-3-1-4-13-27)43-41(50)53-25-34-32-18-9-7-16-30(32)31-17-8-10-19-33(31)34/h1-5,7-10,12-13,16-19,28-29,34-36,45H,6,11,14-15,20-26H2,(H,42,47)(H,43,50)/t28-,29+,35+,36-/m1/s1. The summed E-state index contributed by atoms with van der Waals surface area (Å²) in [5, 5.41) is 15.0. The number of carbonyl (C=O) groups is 5. The molecule has 1 aliphatic carbocycles. The van der Waals surface area contributed by atoms with Gasteiger partial charge in [-0.15, -0.1) is 0 Å². The molecule has 4 atom stereocenters. The predicted octanol–water partition coefficient (Wildman–Crippen LogP) is 4.39. The van der Waals surface area contributed by atoms with Gasteiger partial charge >= 0.3 is 18.0 Å². The number of hydrogen-bond donors (Lipinski definition) is 3. The first-order chi connectivity index (χ1) is 25.8. The Morgan fingerprint density at radius 1 is 0.887 bits per heavy atom. The van der Waals surface area contributed by atoms with Crippen molar-refractivity contribution in [2.75, 3.05) is 26.4 Å². The van der Waals surface area contributed by atoms with Crippen LogP contribution in [0.15, 0.2) is 91.0 Å². The Labute approximate surface area is 308 Å². The highest BCUT2D eigenvalue weighted by Gasteiger charge is 2.35. The zero-order valence-electron chi connectivity index (χ0n) is 29.5. The number of nitrogens with zero attached hydrogens (tertiary/aromatic N) is 1. The van der Waals surface area contributed by atoms with Gasteiger partial charge in [-0.25, -0.2) is 14.4 Å². The van der Waals surface area contributed by atoms with E-state index in [1.165, 1.54) is 0 Å². The Bertz CT molecular complexity index is 1770. The number of aliphatic hydroxyl groups excluding tert-OH is 1. The lowest BCUT2D eigenvalue weighted by molar-refractivity contribution is -0.156. The van der Waals surface area contributed by atoms with Crippen LogP contribution in [0.1, 0.15) is 61.1 Å². The van der Waals surface area contributed by atoms with E-state index in [1.54, 1.807) is 41.3 Å². The van der Waals surface area contributed by atoms with E-state index < -0.39 is 48.5 Å². The van der Waals surface area contributed by atoms with E-state index in [2.05, 4.69) is 10.6 Å². The van der Waals surface area contributed by atoms with Crippen LogP contribution in [-0.4, -0.2) is 84.3 Å². The Morgan fingerprint density at radius 3 is 2.30 bits per heavy atom. The van der Waals surface area contributed by atoms with Gasteiger partial charge in [-0.3, -0.25) is 9.59 Å². The summed E-state index contributed by atoms with van der Waals surface area (Å²) in [7, 11) is 0. The van der Waals surface area contributed by atoms with E-state index in [9.17, 15) is 29.1 Å². The van der Waals surface area contributed by atoms with Crippen LogP contribution in [0.2, 0.25) is 0 Å². The van der Waals surface area contributed by atoms with Gasteiger partial charge in [0.15, 0.2) is 6.04 Å². The molecule has 1 saturated heterocycles. The average molecular weight is 724 g/mol. The molecule has 3 N–H and O–H groups in total. The SMILES string of the molecule is O=C(N[C@H]1CCC=CC[C@H](CC(=O)N2CCC[C@H]2CO)C(=O)N[C@@H](C(=O)OCc2ccccc2)COC1=O)OCC1c2ccccc2-c2ccccc21. The molecule has 2 aliphatic heterocycles. The normalized spacial score (nSPS) is 21.9. The molecule has 0 radical (unpaired) electrons. The molecule has 12 heteroatoms. The summed E-state index contributed by atoms with van der Waals surface area (Å²) in [6.07, 6.45) is 4.72. The van der Waals surface area contributed by atoms with Crippen molar-refractivity contribution >= 4 is 29.8 Å². The Hall–Kier alpha value is -5.49. The van der Waals surface area contributed by atoms with Crippen molar-refractivity contribution < 1.29 is 43.3 Å². The number of ether oxygens (including phenoxy) is 3. The maximum atomic E-state index is 13.6. The number of likely N-dealkylation sites (tertiary alicyclic amines) is 1. The summed E-state index contributed by atoms with van der Waals surface area (Å²) in [5.74, 6) is -3.48. The molecule has 0 unspecified atom stereocenters.